The molecule has 4 nitrogen and oxygen atoms in total. The number of aromatic nitrogens is 2. The van der Waals surface area contributed by atoms with Gasteiger partial charge in [0.05, 0.1) is 7.11 Å². The summed E-state index contributed by atoms with van der Waals surface area (Å²) in [7, 11) is 1.56. The highest BCUT2D eigenvalue weighted by Gasteiger charge is 2.16. The summed E-state index contributed by atoms with van der Waals surface area (Å²) >= 11 is 0. The van der Waals surface area contributed by atoms with E-state index in [0.29, 0.717) is 17.0 Å². The lowest BCUT2D eigenvalue weighted by molar-refractivity contribution is 0.209. The average Bonchev–Trinajstić information content (AvgIpc) is 2.38. The first kappa shape index (κ1) is 11.5. The minimum atomic E-state index is -0.821. The van der Waals surface area contributed by atoms with Crippen molar-refractivity contribution < 1.29 is 9.84 Å². The predicted molar refractivity (Wildman–Crippen MR) is 63.8 cm³/mol. The van der Waals surface area contributed by atoms with Gasteiger partial charge in [-0.1, -0.05) is 6.07 Å². The quantitative estimate of drug-likeness (QED) is 0.874. The SMILES string of the molecule is COc1cccnc1C(O)c1cncc(C)c1. The highest BCUT2D eigenvalue weighted by Crippen LogP contribution is 2.27. The van der Waals surface area contributed by atoms with Crippen LogP contribution in [0.5, 0.6) is 5.75 Å². The van der Waals surface area contributed by atoms with Gasteiger partial charge >= 0.3 is 0 Å². The summed E-state index contributed by atoms with van der Waals surface area (Å²) in [6.45, 7) is 1.93. The Balaban J connectivity index is 2.40. The van der Waals surface area contributed by atoms with Gasteiger partial charge in [0, 0.05) is 24.2 Å². The Morgan fingerprint density at radius 3 is 2.88 bits per heavy atom. The summed E-state index contributed by atoms with van der Waals surface area (Å²) in [5.74, 6) is 0.571. The molecule has 0 aliphatic heterocycles. The van der Waals surface area contributed by atoms with Crippen molar-refractivity contribution in [1.29, 1.82) is 0 Å². The molecule has 0 amide bonds. The summed E-state index contributed by atoms with van der Waals surface area (Å²) < 4.78 is 5.18. The van der Waals surface area contributed by atoms with E-state index in [1.807, 2.05) is 13.0 Å². The van der Waals surface area contributed by atoms with E-state index in [0.717, 1.165) is 5.56 Å². The number of aliphatic hydroxyl groups is 1. The number of rotatable bonds is 3. The molecule has 0 spiro atoms. The maximum Gasteiger partial charge on any atom is 0.143 e. The topological polar surface area (TPSA) is 55.2 Å². The highest BCUT2D eigenvalue weighted by molar-refractivity contribution is 5.35. The van der Waals surface area contributed by atoms with Crippen molar-refractivity contribution in [3.63, 3.8) is 0 Å². The zero-order valence-electron chi connectivity index (χ0n) is 9.79. The van der Waals surface area contributed by atoms with E-state index in [9.17, 15) is 5.11 Å². The van der Waals surface area contributed by atoms with Crippen molar-refractivity contribution in [3.8, 4) is 5.75 Å². The zero-order valence-corrected chi connectivity index (χ0v) is 9.79. The number of aliphatic hydroxyl groups excluding tert-OH is 1. The van der Waals surface area contributed by atoms with E-state index in [1.54, 1.807) is 37.8 Å². The van der Waals surface area contributed by atoms with E-state index < -0.39 is 6.10 Å². The molecular formula is C13H14N2O2. The van der Waals surface area contributed by atoms with Crippen LogP contribution in [-0.2, 0) is 0 Å². The number of nitrogens with zero attached hydrogens (tertiary/aromatic N) is 2. The summed E-state index contributed by atoms with van der Waals surface area (Å²) in [4.78, 5) is 8.21. The van der Waals surface area contributed by atoms with E-state index in [1.165, 1.54) is 0 Å². The summed E-state index contributed by atoms with van der Waals surface area (Å²) in [5, 5.41) is 10.2. The van der Waals surface area contributed by atoms with Crippen LogP contribution in [0.2, 0.25) is 0 Å². The number of ether oxygens (including phenoxy) is 1. The van der Waals surface area contributed by atoms with Crippen LogP contribution in [0, 0.1) is 6.92 Å². The molecule has 17 heavy (non-hydrogen) atoms. The van der Waals surface area contributed by atoms with E-state index in [2.05, 4.69) is 9.97 Å². The van der Waals surface area contributed by atoms with Gasteiger partial charge in [-0.05, 0) is 24.6 Å². The molecule has 0 saturated heterocycles. The van der Waals surface area contributed by atoms with Crippen LogP contribution in [0.15, 0.2) is 36.8 Å². The molecule has 2 heterocycles. The van der Waals surface area contributed by atoms with Crippen LogP contribution < -0.4 is 4.74 Å². The number of aryl methyl sites for hydroxylation is 1. The standard InChI is InChI=1S/C13H14N2O2/c1-9-6-10(8-14-7-9)13(16)12-11(17-2)4-3-5-15-12/h3-8,13,16H,1-2H3. The second-order valence-corrected chi connectivity index (χ2v) is 3.79. The maximum atomic E-state index is 10.2. The van der Waals surface area contributed by atoms with E-state index >= 15 is 0 Å². The maximum absolute atomic E-state index is 10.2. The number of methoxy groups -OCH3 is 1. The summed E-state index contributed by atoms with van der Waals surface area (Å²) in [6, 6.07) is 5.42. The lowest BCUT2D eigenvalue weighted by Gasteiger charge is -2.13. The first-order valence-electron chi connectivity index (χ1n) is 5.31. The third-order valence-electron chi connectivity index (χ3n) is 2.49. The van der Waals surface area contributed by atoms with Crippen molar-refractivity contribution in [2.75, 3.05) is 7.11 Å². The minimum absolute atomic E-state index is 0.502. The second-order valence-electron chi connectivity index (χ2n) is 3.79. The molecule has 1 atom stereocenters. The molecule has 0 aliphatic rings. The fraction of sp³-hybridized carbons (Fsp3) is 0.231. The molecule has 0 fully saturated rings. The van der Waals surface area contributed by atoms with Crippen molar-refractivity contribution in [2.45, 2.75) is 13.0 Å². The second kappa shape index (κ2) is 4.93. The Kier molecular flexibility index (Phi) is 3.35. The van der Waals surface area contributed by atoms with Crippen LogP contribution in [0.25, 0.3) is 0 Å². The van der Waals surface area contributed by atoms with Crippen LogP contribution in [0.4, 0.5) is 0 Å². The average molecular weight is 230 g/mol. The summed E-state index contributed by atoms with van der Waals surface area (Å²) in [5.41, 5.74) is 2.21. The molecule has 0 bridgehead atoms. The number of hydrogen-bond acceptors (Lipinski definition) is 4. The molecule has 4 heteroatoms. The van der Waals surface area contributed by atoms with Gasteiger partial charge in [-0.15, -0.1) is 0 Å². The molecule has 2 aromatic heterocycles. The number of pyridine rings is 2. The predicted octanol–water partition coefficient (Wildman–Crippen LogP) is 1.88. The molecule has 2 aromatic rings. The van der Waals surface area contributed by atoms with Gasteiger partial charge in [0.25, 0.3) is 0 Å². The molecule has 0 saturated carbocycles. The van der Waals surface area contributed by atoms with Gasteiger partial charge < -0.3 is 9.84 Å². The van der Waals surface area contributed by atoms with E-state index in [4.69, 9.17) is 4.74 Å². The van der Waals surface area contributed by atoms with Crippen LogP contribution in [-0.4, -0.2) is 22.2 Å². The Labute approximate surface area is 99.9 Å². The van der Waals surface area contributed by atoms with Gasteiger partial charge in [-0.25, -0.2) is 0 Å². The molecular weight excluding hydrogens is 216 g/mol. The van der Waals surface area contributed by atoms with Crippen LogP contribution >= 0.6 is 0 Å². The lowest BCUT2D eigenvalue weighted by atomic mass is 10.1. The largest absolute Gasteiger partial charge is 0.495 e. The van der Waals surface area contributed by atoms with Gasteiger partial charge in [-0.2, -0.15) is 0 Å². The Hall–Kier alpha value is -1.94. The van der Waals surface area contributed by atoms with Crippen molar-refractivity contribution in [2.24, 2.45) is 0 Å². The highest BCUT2D eigenvalue weighted by atomic mass is 16.5. The van der Waals surface area contributed by atoms with Crippen molar-refractivity contribution >= 4 is 0 Å². The Bertz CT molecular complexity index is 514. The van der Waals surface area contributed by atoms with Gasteiger partial charge in [-0.3, -0.25) is 9.97 Å². The third kappa shape index (κ3) is 2.42. The molecule has 88 valence electrons. The minimum Gasteiger partial charge on any atom is -0.495 e. The van der Waals surface area contributed by atoms with Crippen LogP contribution in [0.3, 0.4) is 0 Å². The fourth-order valence-corrected chi connectivity index (χ4v) is 1.67. The monoisotopic (exact) mass is 230 g/mol. The van der Waals surface area contributed by atoms with E-state index in [-0.39, 0.29) is 0 Å². The molecule has 0 aliphatic carbocycles. The molecule has 0 aromatic carbocycles. The first-order chi connectivity index (χ1) is 8.22. The smallest absolute Gasteiger partial charge is 0.143 e. The number of hydrogen-bond donors (Lipinski definition) is 1. The first-order valence-corrected chi connectivity index (χ1v) is 5.31. The van der Waals surface area contributed by atoms with Gasteiger partial charge in [0.1, 0.15) is 17.5 Å². The van der Waals surface area contributed by atoms with Gasteiger partial charge in [0.15, 0.2) is 0 Å². The zero-order chi connectivity index (χ0) is 12.3. The van der Waals surface area contributed by atoms with Gasteiger partial charge in [0.2, 0.25) is 0 Å². The third-order valence-corrected chi connectivity index (χ3v) is 2.49. The molecule has 0 radical (unpaired) electrons. The normalized spacial score (nSPS) is 12.2. The Morgan fingerprint density at radius 1 is 1.35 bits per heavy atom. The van der Waals surface area contributed by atoms with Crippen molar-refractivity contribution in [3.05, 3.63) is 53.6 Å². The molecule has 1 N–H and O–H groups in total. The Morgan fingerprint density at radius 2 is 2.18 bits per heavy atom. The summed E-state index contributed by atoms with van der Waals surface area (Å²) in [6.07, 6.45) is 4.18. The lowest BCUT2D eigenvalue weighted by Crippen LogP contribution is -2.05. The van der Waals surface area contributed by atoms with Crippen molar-refractivity contribution in [1.82, 2.24) is 9.97 Å². The molecule has 2 rings (SSSR count). The fourth-order valence-electron chi connectivity index (χ4n) is 1.67. The van der Waals surface area contributed by atoms with Crippen LogP contribution in [0.1, 0.15) is 22.9 Å². The molecule has 1 unspecified atom stereocenters.